The number of hydrogen-bond acceptors (Lipinski definition) is 18. The van der Waals surface area contributed by atoms with E-state index in [4.69, 9.17) is 69.6 Å². The topological polar surface area (TPSA) is 398 Å². The second-order valence-electron chi connectivity index (χ2n) is 30.0. The van der Waals surface area contributed by atoms with Crippen molar-refractivity contribution in [1.29, 1.82) is 0 Å². The van der Waals surface area contributed by atoms with Gasteiger partial charge in [0.25, 0.3) is 0 Å². The van der Waals surface area contributed by atoms with Crippen LogP contribution in [0.2, 0.25) is 15.6 Å². The SMILES string of the molecule is CC(C)[C@H](O)[C@]12C(=O)N[C@H]1C(CCCl)=CS2=O.CC(C)[C@H](O)[C@]12C(=O)N[C@H]1C(CCCl)=C[Se]2=O.CC(C)[C@H](O)[C@]12C(=O)N[C@H]1C(CCCl)=C[Te]2=O.CC1=C(CCCl)[C@@H]2NC(=O)[C@]2([C@@H](O)C(C)C)S1=O.CC1=C(CCCl)[C@@H]2NC(=O)[C@]2([C@@H](O)C(C)C)[Se]1=O.CC1=C(CCCl)[C@@H]2NC(=O)[C@]2([C@@H](O)C(C)C)[Te]1=O. The number of hydrogen-bond donors (Lipinski definition) is 12. The maximum atomic E-state index is 12.7. The molecule has 36 heteroatoms. The fourth-order valence-electron chi connectivity index (χ4n) is 16.1. The molecule has 12 aliphatic rings. The number of β-lactam (4-membered cyclic amide) rings is 6. The standard InChI is InChI=1S/C12H18ClNO3S.C12H18ClNO3Se.C12H18ClNO3Te.C11H16ClNO3S.C11H16ClNO3Se.C11H16ClNO3Te/c3*1-6(2)10(15)12-9(14-11(12)16)8(4-5-13)7(3)18(12)17;3*1-6(2)9(14)11-8(13-10(11)15)7(3-4-12)5-17(11)16/h3*6,9-10,15H,4-5H2,1-3H3,(H,14,16);3*5-6,8-9,14H,3-4H2,1-2H3,(H,13,15)/t2*9-,10-,12-,18?;9-,10-,12-;2*8-,9-,11-,17?;8-,9-,11-/m000000/s1. The summed E-state index contributed by atoms with van der Waals surface area (Å²) >= 11 is 23.3. The van der Waals surface area contributed by atoms with Gasteiger partial charge in [-0.2, -0.15) is 0 Å². The van der Waals surface area contributed by atoms with E-state index < -0.39 is 150 Å². The van der Waals surface area contributed by atoms with E-state index in [0.29, 0.717) is 78.7 Å². The quantitative estimate of drug-likeness (QED) is 0.0332. The summed E-state index contributed by atoms with van der Waals surface area (Å²) < 4.78 is 71.3. The van der Waals surface area contributed by atoms with E-state index in [0.717, 1.165) is 41.5 Å². The van der Waals surface area contributed by atoms with Crippen LogP contribution in [0.5, 0.6) is 0 Å². The fourth-order valence-corrected chi connectivity index (χ4v) is 41.3. The molecule has 6 amide bonds. The van der Waals surface area contributed by atoms with Gasteiger partial charge in [-0.05, 0) is 42.7 Å². The summed E-state index contributed by atoms with van der Waals surface area (Å²) in [5.74, 6) is 0.350. The van der Waals surface area contributed by atoms with Gasteiger partial charge in [-0.15, -0.1) is 23.2 Å². The summed E-state index contributed by atoms with van der Waals surface area (Å²) in [5.41, 5.74) is 5.59. The Balaban J connectivity index is 0.000000176. The molecule has 0 saturated carbocycles. The Morgan fingerprint density at radius 3 is 1.29 bits per heavy atom. The molecular formula is C69H102Cl6N6O18S2Se2Te2. The minimum atomic E-state index is -3.04. The molecule has 6 saturated heterocycles. The van der Waals surface area contributed by atoms with Crippen molar-refractivity contribution in [2.24, 2.45) is 35.5 Å². The number of nitrogens with one attached hydrogen (secondary N) is 6. The first kappa shape index (κ1) is 91.1. The number of carbonyl (C=O) groups excluding carboxylic acids is 6. The van der Waals surface area contributed by atoms with E-state index >= 15 is 0 Å². The summed E-state index contributed by atoms with van der Waals surface area (Å²) in [6.07, 6.45) is -1.52. The number of carbonyl (C=O) groups is 6. The molecule has 105 heavy (non-hydrogen) atoms. The Hall–Kier alpha value is -1.12. The number of aliphatic hydroxyl groups is 6. The normalized spacial score (nSPS) is 35.8. The summed E-state index contributed by atoms with van der Waals surface area (Å²) in [6.45, 7) is 27.4. The van der Waals surface area contributed by atoms with Crippen LogP contribution in [0.25, 0.3) is 0 Å². The molecule has 0 aliphatic carbocycles. The predicted molar refractivity (Wildman–Crippen MR) is 409 cm³/mol. The zero-order chi connectivity index (χ0) is 79.4. The number of amides is 6. The van der Waals surface area contributed by atoms with E-state index in [9.17, 15) is 81.7 Å². The van der Waals surface area contributed by atoms with Crippen LogP contribution in [0.1, 0.15) is 142 Å². The van der Waals surface area contributed by atoms with Crippen molar-refractivity contribution in [3.63, 3.8) is 0 Å². The molecule has 0 aromatic carbocycles. The molecule has 594 valence electrons. The number of allylic oxidation sites excluding steroid dienone is 3. The van der Waals surface area contributed by atoms with Gasteiger partial charge in [0.1, 0.15) is 0 Å². The number of halogens is 6. The van der Waals surface area contributed by atoms with Gasteiger partial charge in [0, 0.05) is 22.1 Å². The summed E-state index contributed by atoms with van der Waals surface area (Å²) in [7, 11) is -2.93. The first-order valence-electron chi connectivity index (χ1n) is 35.0. The second-order valence-corrected chi connectivity index (χ2v) is 52.1. The molecule has 4 unspecified atom stereocenters. The molecule has 12 aliphatic heterocycles. The van der Waals surface area contributed by atoms with Gasteiger partial charge in [-0.1, -0.05) is 27.7 Å². The van der Waals surface area contributed by atoms with Gasteiger partial charge in [-0.3, -0.25) is 18.0 Å². The van der Waals surface area contributed by atoms with Gasteiger partial charge < -0.3 is 20.8 Å². The molecule has 0 aromatic heterocycles. The first-order chi connectivity index (χ1) is 49.0. The van der Waals surface area contributed by atoms with Crippen LogP contribution < -0.4 is 31.9 Å². The average Bonchev–Trinajstić information content (AvgIpc) is 1.58. The van der Waals surface area contributed by atoms with Crippen LogP contribution in [-0.2, 0) is 64.2 Å². The van der Waals surface area contributed by atoms with Crippen LogP contribution in [0.3, 0.4) is 0 Å². The molecule has 22 atom stereocenters. The summed E-state index contributed by atoms with van der Waals surface area (Å²) in [6, 6.07) is -1.68. The Morgan fingerprint density at radius 1 is 0.438 bits per heavy atom. The van der Waals surface area contributed by atoms with Crippen molar-refractivity contribution in [2.45, 2.75) is 240 Å². The fraction of sp³-hybridized carbons (Fsp3) is 0.739. The van der Waals surface area contributed by atoms with Gasteiger partial charge in [-0.25, -0.2) is 0 Å². The molecule has 12 N–H and O–H groups in total. The van der Waals surface area contributed by atoms with Crippen LogP contribution in [0, 0.1) is 35.5 Å². The van der Waals surface area contributed by atoms with E-state index in [2.05, 4.69) is 31.9 Å². The van der Waals surface area contributed by atoms with Gasteiger partial charge in [0.2, 0.25) is 11.8 Å². The van der Waals surface area contributed by atoms with E-state index in [1.807, 2.05) is 96.9 Å². The van der Waals surface area contributed by atoms with Gasteiger partial charge in [0.05, 0.1) is 45.9 Å². The van der Waals surface area contributed by atoms with Crippen molar-refractivity contribution in [2.75, 3.05) is 35.3 Å². The van der Waals surface area contributed by atoms with Crippen LogP contribution in [-0.4, -0.2) is 259 Å². The zero-order valence-electron chi connectivity index (χ0n) is 61.4. The Morgan fingerprint density at radius 2 is 0.829 bits per heavy atom. The molecular weight excluding hydrogens is 1890 g/mol. The monoisotopic (exact) mass is 2000 g/mol. The van der Waals surface area contributed by atoms with Crippen molar-refractivity contribution in [3.05, 3.63) is 60.9 Å². The number of fused-ring (bicyclic) bond motifs is 6. The number of rotatable bonds is 24. The third-order valence-electron chi connectivity index (χ3n) is 22.1. The van der Waals surface area contributed by atoms with Crippen molar-refractivity contribution in [1.82, 2.24) is 31.9 Å². The van der Waals surface area contributed by atoms with Gasteiger partial charge >= 0.3 is 457 Å². The molecule has 0 aromatic rings. The van der Waals surface area contributed by atoms with Crippen molar-refractivity contribution in [3.8, 4) is 0 Å². The molecule has 6 fully saturated rings. The van der Waals surface area contributed by atoms with Crippen LogP contribution in [0.4, 0.5) is 0 Å². The Kier molecular flexibility index (Phi) is 31.0. The molecule has 0 bridgehead atoms. The summed E-state index contributed by atoms with van der Waals surface area (Å²) in [4.78, 5) is 73.8. The Labute approximate surface area is 672 Å². The minimum absolute atomic E-state index is 0.0790. The molecule has 0 spiro atoms. The van der Waals surface area contributed by atoms with Crippen LogP contribution >= 0.6 is 69.6 Å². The third kappa shape index (κ3) is 14.5. The number of aliphatic hydroxyl groups excluding tert-OH is 6. The van der Waals surface area contributed by atoms with Gasteiger partial charge in [0.15, 0.2) is 9.49 Å². The molecule has 24 nitrogen and oxygen atoms in total. The zero-order valence-corrected chi connectivity index (χ0v) is 75.7. The maximum absolute atomic E-state index is 12.7. The van der Waals surface area contributed by atoms with E-state index in [1.54, 1.807) is 21.4 Å². The third-order valence-corrected chi connectivity index (χ3v) is 46.6. The first-order valence-corrected chi connectivity index (χ1v) is 52.3. The molecule has 12 heterocycles. The van der Waals surface area contributed by atoms with E-state index in [1.165, 1.54) is 0 Å². The van der Waals surface area contributed by atoms with Crippen molar-refractivity contribution >= 4 is 193 Å². The average molecular weight is 1990 g/mol. The summed E-state index contributed by atoms with van der Waals surface area (Å²) in [5, 5.41) is 80.0. The Bertz CT molecular complexity index is 3430. The molecule has 12 rings (SSSR count). The second kappa shape index (κ2) is 35.7. The predicted octanol–water partition coefficient (Wildman–Crippen LogP) is 5.29. The molecule has 0 radical (unpaired) electrons. The number of alkyl halides is 6. The van der Waals surface area contributed by atoms with E-state index in [-0.39, 0.29) is 107 Å². The van der Waals surface area contributed by atoms with Crippen LogP contribution in [0.15, 0.2) is 60.9 Å². The van der Waals surface area contributed by atoms with Crippen molar-refractivity contribution < 1.29 is 81.7 Å².